The number of carbonyl (C=O) groups is 1. The predicted octanol–water partition coefficient (Wildman–Crippen LogP) is 2.56. The Morgan fingerprint density at radius 3 is 2.81 bits per heavy atom. The van der Waals surface area contributed by atoms with E-state index in [1.54, 1.807) is 6.33 Å². The Morgan fingerprint density at radius 2 is 2.12 bits per heavy atom. The molecule has 1 saturated carbocycles. The number of nitrogens with zero attached hydrogens (tertiary/aromatic N) is 4. The van der Waals surface area contributed by atoms with Crippen LogP contribution in [0.1, 0.15) is 36.6 Å². The smallest absolute Gasteiger partial charge is 0.311 e. The summed E-state index contributed by atoms with van der Waals surface area (Å²) in [4.78, 5) is 14.5. The van der Waals surface area contributed by atoms with Crippen LogP contribution in [0.2, 0.25) is 0 Å². The zero-order valence-electron chi connectivity index (χ0n) is 15.2. The van der Waals surface area contributed by atoms with Gasteiger partial charge in [0, 0.05) is 26.2 Å². The summed E-state index contributed by atoms with van der Waals surface area (Å²) in [7, 11) is 0. The molecule has 1 aliphatic heterocycles. The lowest BCUT2D eigenvalue weighted by Gasteiger charge is -2.38. The van der Waals surface area contributed by atoms with Gasteiger partial charge in [0.2, 0.25) is 0 Å². The topological polar surface area (TPSA) is 71.2 Å². The van der Waals surface area contributed by atoms with Crippen LogP contribution in [-0.4, -0.2) is 50.4 Å². The number of rotatable bonds is 5. The molecular weight excluding hydrogens is 328 g/mol. The first-order chi connectivity index (χ1) is 12.6. The lowest BCUT2D eigenvalue weighted by Crippen LogP contribution is -2.42. The molecule has 138 valence electrons. The van der Waals surface area contributed by atoms with E-state index in [0.717, 1.165) is 44.7 Å². The van der Waals surface area contributed by atoms with Crippen LogP contribution in [0.25, 0.3) is 0 Å². The van der Waals surface area contributed by atoms with Gasteiger partial charge in [0.05, 0.1) is 5.41 Å². The molecule has 1 aromatic heterocycles. The molecule has 2 heterocycles. The fourth-order valence-corrected chi connectivity index (χ4v) is 4.88. The Hall–Kier alpha value is -2.21. The number of carboxylic acid groups (broad SMARTS) is 1. The second kappa shape index (κ2) is 6.83. The zero-order chi connectivity index (χ0) is 18.1. The number of fused-ring (bicyclic) bond motifs is 1. The lowest BCUT2D eigenvalue weighted by molar-refractivity contribution is -0.152. The second-order valence-electron chi connectivity index (χ2n) is 7.85. The molecule has 3 atom stereocenters. The highest BCUT2D eigenvalue weighted by molar-refractivity contribution is 5.76. The number of aliphatic carboxylic acids is 1. The minimum absolute atomic E-state index is 0.223. The fraction of sp³-hybridized carbons (Fsp3) is 0.550. The zero-order valence-corrected chi connectivity index (χ0v) is 15.2. The van der Waals surface area contributed by atoms with Gasteiger partial charge >= 0.3 is 5.97 Å². The van der Waals surface area contributed by atoms with Crippen molar-refractivity contribution in [2.45, 2.75) is 38.6 Å². The summed E-state index contributed by atoms with van der Waals surface area (Å²) in [6, 6.07) is 10.6. The minimum Gasteiger partial charge on any atom is -0.481 e. The Balaban J connectivity index is 1.47. The maximum atomic E-state index is 12.2. The molecular formula is C20H26N4O2. The highest BCUT2D eigenvalue weighted by atomic mass is 16.4. The number of aromatic nitrogens is 3. The monoisotopic (exact) mass is 354 g/mol. The number of aryl methyl sites for hydroxylation is 1. The van der Waals surface area contributed by atoms with Crippen molar-refractivity contribution in [1.82, 2.24) is 19.7 Å². The van der Waals surface area contributed by atoms with Crippen molar-refractivity contribution < 1.29 is 9.90 Å². The van der Waals surface area contributed by atoms with Gasteiger partial charge in [-0.3, -0.25) is 4.79 Å². The quantitative estimate of drug-likeness (QED) is 0.893. The van der Waals surface area contributed by atoms with Crippen molar-refractivity contribution >= 4 is 5.97 Å². The average molecular weight is 354 g/mol. The van der Waals surface area contributed by atoms with E-state index in [-0.39, 0.29) is 5.92 Å². The molecule has 6 nitrogen and oxygen atoms in total. The molecule has 0 amide bonds. The van der Waals surface area contributed by atoms with E-state index in [9.17, 15) is 9.90 Å². The van der Waals surface area contributed by atoms with Crippen LogP contribution in [0.5, 0.6) is 0 Å². The van der Waals surface area contributed by atoms with Gasteiger partial charge in [-0.15, -0.1) is 10.2 Å². The van der Waals surface area contributed by atoms with Gasteiger partial charge in [-0.05, 0) is 43.6 Å². The van der Waals surface area contributed by atoms with Crippen LogP contribution in [-0.2, 0) is 11.3 Å². The average Bonchev–Trinajstić information content (AvgIpc) is 3.23. The minimum atomic E-state index is -0.614. The third-order valence-electron chi connectivity index (χ3n) is 6.44. The van der Waals surface area contributed by atoms with E-state index in [1.165, 1.54) is 5.56 Å². The van der Waals surface area contributed by atoms with E-state index >= 15 is 0 Å². The number of likely N-dealkylation sites (tertiary alicyclic amines) is 1. The summed E-state index contributed by atoms with van der Waals surface area (Å²) < 4.78 is 2.03. The highest BCUT2D eigenvalue weighted by Crippen LogP contribution is 2.51. The van der Waals surface area contributed by atoms with Crippen LogP contribution in [0.3, 0.4) is 0 Å². The number of benzene rings is 1. The first-order valence-electron chi connectivity index (χ1n) is 9.43. The van der Waals surface area contributed by atoms with Crippen molar-refractivity contribution in [3.05, 3.63) is 48.0 Å². The van der Waals surface area contributed by atoms with Crippen LogP contribution in [0.15, 0.2) is 36.7 Å². The summed E-state index contributed by atoms with van der Waals surface area (Å²) in [6.07, 6.45) is 4.45. The summed E-state index contributed by atoms with van der Waals surface area (Å²) in [5, 5.41) is 18.0. The number of hydrogen-bond acceptors (Lipinski definition) is 4. The second-order valence-corrected chi connectivity index (χ2v) is 7.85. The van der Waals surface area contributed by atoms with E-state index in [0.29, 0.717) is 12.5 Å². The molecule has 2 fully saturated rings. The fourth-order valence-electron chi connectivity index (χ4n) is 4.88. The maximum Gasteiger partial charge on any atom is 0.311 e. The van der Waals surface area contributed by atoms with Crippen molar-refractivity contribution in [2.75, 3.05) is 19.6 Å². The summed E-state index contributed by atoms with van der Waals surface area (Å²) >= 11 is 0. The van der Waals surface area contributed by atoms with Crippen molar-refractivity contribution in [3.8, 4) is 0 Å². The number of carboxylic acids is 1. The molecule has 0 radical (unpaired) electrons. The van der Waals surface area contributed by atoms with Crippen molar-refractivity contribution in [2.24, 2.45) is 11.3 Å². The molecule has 0 bridgehead atoms. The van der Waals surface area contributed by atoms with Gasteiger partial charge < -0.3 is 14.6 Å². The Morgan fingerprint density at radius 1 is 1.31 bits per heavy atom. The van der Waals surface area contributed by atoms with Crippen LogP contribution < -0.4 is 0 Å². The van der Waals surface area contributed by atoms with Gasteiger partial charge in [-0.2, -0.15) is 0 Å². The van der Waals surface area contributed by atoms with E-state index < -0.39 is 11.4 Å². The van der Waals surface area contributed by atoms with Crippen LogP contribution >= 0.6 is 0 Å². The molecule has 1 N–H and O–H groups in total. The molecule has 6 heteroatoms. The van der Waals surface area contributed by atoms with Gasteiger partial charge in [-0.1, -0.05) is 30.3 Å². The Labute approximate surface area is 153 Å². The Kier molecular flexibility index (Phi) is 4.53. The molecule has 4 rings (SSSR count). The molecule has 26 heavy (non-hydrogen) atoms. The van der Waals surface area contributed by atoms with Gasteiger partial charge in [-0.25, -0.2) is 0 Å². The molecule has 0 spiro atoms. The molecule has 1 aliphatic carbocycles. The first kappa shape index (κ1) is 17.2. The largest absolute Gasteiger partial charge is 0.481 e. The van der Waals surface area contributed by atoms with E-state index in [1.807, 2.05) is 17.6 Å². The third-order valence-corrected chi connectivity index (χ3v) is 6.44. The number of hydrogen-bond donors (Lipinski definition) is 1. The summed E-state index contributed by atoms with van der Waals surface area (Å²) in [6.45, 7) is 5.14. The van der Waals surface area contributed by atoms with Crippen LogP contribution in [0.4, 0.5) is 0 Å². The molecule has 2 aromatic rings. The molecule has 1 aromatic carbocycles. The predicted molar refractivity (Wildman–Crippen MR) is 97.8 cm³/mol. The van der Waals surface area contributed by atoms with Gasteiger partial charge in [0.25, 0.3) is 0 Å². The summed E-state index contributed by atoms with van der Waals surface area (Å²) in [5.74, 6) is 0.991. The lowest BCUT2D eigenvalue weighted by atomic mass is 9.64. The van der Waals surface area contributed by atoms with Gasteiger partial charge in [0.1, 0.15) is 12.2 Å². The standard InChI is InChI=1S/C20H26N4O2/c1-15-22-21-14-24(15)10-9-23-12-18-11-17(16-5-3-2-4-6-16)7-8-20(18,13-23)19(25)26/h2-6,14,17-18H,7-13H2,1H3,(H,25,26)/t17-,18-,20-/m0/s1. The first-order valence-corrected chi connectivity index (χ1v) is 9.43. The van der Waals surface area contributed by atoms with Crippen molar-refractivity contribution in [1.29, 1.82) is 0 Å². The Bertz CT molecular complexity index is 775. The van der Waals surface area contributed by atoms with E-state index in [2.05, 4.69) is 39.4 Å². The normalized spacial score (nSPS) is 28.8. The maximum absolute atomic E-state index is 12.2. The SMILES string of the molecule is Cc1nncn1CCN1C[C@@H]2C[C@@H](c3ccccc3)CC[C@]2(C(=O)O)C1. The molecule has 0 unspecified atom stereocenters. The van der Waals surface area contributed by atoms with Crippen molar-refractivity contribution in [3.63, 3.8) is 0 Å². The molecule has 2 aliphatic rings. The molecule has 1 saturated heterocycles. The third kappa shape index (κ3) is 3.03. The summed E-state index contributed by atoms with van der Waals surface area (Å²) in [5.41, 5.74) is 0.776. The van der Waals surface area contributed by atoms with E-state index in [4.69, 9.17) is 0 Å². The van der Waals surface area contributed by atoms with Crippen LogP contribution in [0, 0.1) is 18.3 Å². The van der Waals surface area contributed by atoms with Gasteiger partial charge in [0.15, 0.2) is 0 Å². The highest BCUT2D eigenvalue weighted by Gasteiger charge is 2.54.